The Morgan fingerprint density at radius 1 is 0.913 bits per heavy atom. The van der Waals surface area contributed by atoms with Gasteiger partial charge in [-0.1, -0.05) is 56.0 Å². The van der Waals surface area contributed by atoms with Crippen molar-refractivity contribution in [1.29, 1.82) is 0 Å². The van der Waals surface area contributed by atoms with E-state index in [1.54, 1.807) is 0 Å². The van der Waals surface area contributed by atoms with Crippen LogP contribution in [-0.2, 0) is 4.43 Å². The second-order valence-corrected chi connectivity index (χ2v) is 9.42. The molecule has 0 aliphatic heterocycles. The molecule has 0 spiro atoms. The van der Waals surface area contributed by atoms with E-state index < -0.39 is 8.32 Å². The molecule has 0 unspecified atom stereocenters. The van der Waals surface area contributed by atoms with Gasteiger partial charge in [0.2, 0.25) is 8.32 Å². The molecule has 0 radical (unpaired) electrons. The highest BCUT2D eigenvalue weighted by Crippen LogP contribution is 2.04. The third kappa shape index (κ3) is 11.7. The molecule has 126 valence electrons. The molecular weight excluding hydrogens is 300 g/mol. The summed E-state index contributed by atoms with van der Waals surface area (Å²) >= 11 is 0. The van der Waals surface area contributed by atoms with Crippen molar-refractivity contribution in [2.45, 2.75) is 52.6 Å². The van der Waals surface area contributed by atoms with Gasteiger partial charge in [0.15, 0.2) is 0 Å². The van der Waals surface area contributed by atoms with Gasteiger partial charge in [0.1, 0.15) is 6.61 Å². The van der Waals surface area contributed by atoms with Crippen molar-refractivity contribution >= 4 is 13.5 Å². The van der Waals surface area contributed by atoms with Crippen LogP contribution < -0.4 is 5.19 Å². The molecule has 0 fully saturated rings. The van der Waals surface area contributed by atoms with E-state index in [2.05, 4.69) is 74.9 Å². The minimum absolute atomic E-state index is 0. The number of aliphatic hydroxyl groups excluding tert-OH is 1. The van der Waals surface area contributed by atoms with Crippen LogP contribution in [0.3, 0.4) is 0 Å². The Kier molecular flexibility index (Phi) is 13.2. The molecule has 0 bridgehead atoms. The van der Waals surface area contributed by atoms with Crippen molar-refractivity contribution in [3.05, 3.63) is 30.3 Å². The van der Waals surface area contributed by atoms with Crippen LogP contribution in [0.4, 0.5) is 0 Å². The van der Waals surface area contributed by atoms with Crippen LogP contribution in [0.2, 0.25) is 13.1 Å². The predicted octanol–water partition coefficient (Wildman–Crippen LogP) is 3.70. The lowest BCUT2D eigenvalue weighted by atomic mass is 10.3. The first-order valence-electron chi connectivity index (χ1n) is 8.30. The second-order valence-electron chi connectivity index (χ2n) is 5.53. The van der Waals surface area contributed by atoms with Gasteiger partial charge in [-0.05, 0) is 31.1 Å². The lowest BCUT2D eigenvalue weighted by Gasteiger charge is -2.21. The average molecular weight is 331 g/mol. The molecule has 23 heavy (non-hydrogen) atoms. The minimum Gasteiger partial charge on any atom is -0.402 e. The summed E-state index contributed by atoms with van der Waals surface area (Å²) in [5.74, 6) is 11.5. The number of unbranched alkanes of at least 4 members (excludes halogenated alkanes) is 2. The molecule has 0 amide bonds. The molecule has 0 aromatic heterocycles. The summed E-state index contributed by atoms with van der Waals surface area (Å²) < 4.78 is 5.93. The van der Waals surface area contributed by atoms with Gasteiger partial charge in [-0.2, -0.15) is 0 Å². The van der Waals surface area contributed by atoms with Crippen molar-refractivity contribution in [2.24, 2.45) is 0 Å². The lowest BCUT2D eigenvalue weighted by molar-refractivity contribution is 0.350. The van der Waals surface area contributed by atoms with Crippen LogP contribution in [0.25, 0.3) is 0 Å². The van der Waals surface area contributed by atoms with Gasteiger partial charge in [0, 0.05) is 12.8 Å². The fraction of sp³-hybridized carbons (Fsp3) is 0.500. The molecule has 0 atom stereocenters. The topological polar surface area (TPSA) is 29.5 Å². The molecule has 0 aliphatic rings. The Morgan fingerprint density at radius 2 is 1.48 bits per heavy atom. The Balaban J connectivity index is 0.000000585. The SMILES string of the molecule is CCCC#CCO.CCCC#CCO[Si](C)(C)c1ccccc1. The molecule has 1 aromatic carbocycles. The summed E-state index contributed by atoms with van der Waals surface area (Å²) in [6.45, 7) is 9.19. The zero-order chi connectivity index (χ0) is 17.4. The van der Waals surface area contributed by atoms with Gasteiger partial charge in [-0.25, -0.2) is 0 Å². The number of aliphatic hydroxyl groups is 1. The van der Waals surface area contributed by atoms with E-state index in [-0.39, 0.29) is 6.61 Å². The first kappa shape index (κ1) is 21.5. The fourth-order valence-corrected chi connectivity index (χ4v) is 3.27. The van der Waals surface area contributed by atoms with Crippen molar-refractivity contribution in [3.63, 3.8) is 0 Å². The maximum absolute atomic E-state index is 8.12. The van der Waals surface area contributed by atoms with E-state index >= 15 is 0 Å². The van der Waals surface area contributed by atoms with Gasteiger partial charge in [-0.15, -0.1) is 11.8 Å². The quantitative estimate of drug-likeness (QED) is 0.659. The zero-order valence-electron chi connectivity index (χ0n) is 15.0. The maximum atomic E-state index is 8.12. The van der Waals surface area contributed by atoms with E-state index in [0.29, 0.717) is 6.61 Å². The molecule has 2 nitrogen and oxygen atoms in total. The van der Waals surface area contributed by atoms with Gasteiger partial charge in [0.25, 0.3) is 0 Å². The van der Waals surface area contributed by atoms with Gasteiger partial charge < -0.3 is 9.53 Å². The third-order valence-electron chi connectivity index (χ3n) is 3.05. The number of rotatable bonds is 5. The van der Waals surface area contributed by atoms with Crippen molar-refractivity contribution < 1.29 is 9.53 Å². The van der Waals surface area contributed by atoms with Gasteiger partial charge in [0.05, 0.1) is 6.61 Å². The zero-order valence-corrected chi connectivity index (χ0v) is 16.0. The first-order chi connectivity index (χ1) is 11.1. The summed E-state index contributed by atoms with van der Waals surface area (Å²) in [5.41, 5.74) is 0. The molecule has 0 aliphatic carbocycles. The standard InChI is InChI=1S/C14H20OSi.C6H10O/c1-4-5-6-10-13-15-16(2,3)14-11-8-7-9-12-14;1-2-3-4-5-6-7/h7-9,11-12H,4-5,13H2,1-3H3;7H,2-3,6H2,1H3. The summed E-state index contributed by atoms with van der Waals surface area (Å²) in [6.07, 6.45) is 4.07. The van der Waals surface area contributed by atoms with Crippen LogP contribution in [0.5, 0.6) is 0 Å². The molecule has 1 N–H and O–H groups in total. The van der Waals surface area contributed by atoms with Crippen LogP contribution in [0.1, 0.15) is 39.5 Å². The first-order valence-corrected chi connectivity index (χ1v) is 11.2. The maximum Gasteiger partial charge on any atom is 0.219 e. The highest BCUT2D eigenvalue weighted by atomic mass is 28.4. The summed E-state index contributed by atoms with van der Waals surface area (Å²) in [4.78, 5) is 0. The van der Waals surface area contributed by atoms with Crippen LogP contribution >= 0.6 is 0 Å². The largest absolute Gasteiger partial charge is 0.402 e. The van der Waals surface area contributed by atoms with Crippen LogP contribution in [0.15, 0.2) is 30.3 Å². The Hall–Kier alpha value is -1.52. The van der Waals surface area contributed by atoms with Crippen molar-refractivity contribution in [1.82, 2.24) is 0 Å². The molecule has 0 heterocycles. The van der Waals surface area contributed by atoms with Gasteiger partial charge in [-0.3, -0.25) is 0 Å². The third-order valence-corrected chi connectivity index (χ3v) is 5.64. The highest BCUT2D eigenvalue weighted by molar-refractivity contribution is 6.84. The smallest absolute Gasteiger partial charge is 0.219 e. The summed E-state index contributed by atoms with van der Waals surface area (Å²) in [5, 5.41) is 9.45. The van der Waals surface area contributed by atoms with E-state index in [1.165, 1.54) is 5.19 Å². The lowest BCUT2D eigenvalue weighted by Crippen LogP contribution is -2.44. The van der Waals surface area contributed by atoms with Crippen molar-refractivity contribution in [2.75, 3.05) is 13.2 Å². The molecule has 1 rings (SSSR count). The van der Waals surface area contributed by atoms with E-state index in [4.69, 9.17) is 9.53 Å². The van der Waals surface area contributed by atoms with E-state index in [0.717, 1.165) is 25.7 Å². The van der Waals surface area contributed by atoms with E-state index in [1.807, 2.05) is 6.07 Å². The van der Waals surface area contributed by atoms with Crippen molar-refractivity contribution in [3.8, 4) is 23.7 Å². The normalized spacial score (nSPS) is 9.61. The van der Waals surface area contributed by atoms with E-state index in [9.17, 15) is 0 Å². The average Bonchev–Trinajstić information content (AvgIpc) is 2.56. The molecule has 3 heteroatoms. The second kappa shape index (κ2) is 14.1. The highest BCUT2D eigenvalue weighted by Gasteiger charge is 2.24. The Morgan fingerprint density at radius 3 is 2.00 bits per heavy atom. The summed E-state index contributed by atoms with van der Waals surface area (Å²) in [7, 11) is -1.74. The minimum atomic E-state index is -1.74. The summed E-state index contributed by atoms with van der Waals surface area (Å²) in [6, 6.07) is 10.5. The van der Waals surface area contributed by atoms with Crippen LogP contribution in [-0.4, -0.2) is 26.6 Å². The van der Waals surface area contributed by atoms with Crippen LogP contribution in [0, 0.1) is 23.7 Å². The fourth-order valence-electron chi connectivity index (χ4n) is 1.67. The number of benzene rings is 1. The number of hydrogen-bond acceptors (Lipinski definition) is 2. The predicted molar refractivity (Wildman–Crippen MR) is 102 cm³/mol. The number of hydrogen-bond donors (Lipinski definition) is 1. The monoisotopic (exact) mass is 330 g/mol. The van der Waals surface area contributed by atoms with Gasteiger partial charge >= 0.3 is 0 Å². The molecular formula is C20H30O2Si. The Labute approximate surface area is 143 Å². The Bertz CT molecular complexity index is 515. The molecule has 0 saturated heterocycles. The molecule has 1 aromatic rings. The molecule has 0 saturated carbocycles.